The average Bonchev–Trinajstić information content (AvgIpc) is 2.47. The number of hydrogen-bond donors (Lipinski definition) is 3. The Hall–Kier alpha value is -2.56. The van der Waals surface area contributed by atoms with E-state index in [4.69, 9.17) is 4.74 Å². The van der Waals surface area contributed by atoms with Crippen molar-refractivity contribution in [1.29, 1.82) is 5.26 Å². The predicted octanol–water partition coefficient (Wildman–Crippen LogP) is 0.300. The van der Waals surface area contributed by atoms with Gasteiger partial charge in [0.15, 0.2) is 0 Å². The van der Waals surface area contributed by atoms with Gasteiger partial charge in [-0.25, -0.2) is 0 Å². The standard InChI is InChI=1S/C15H15BN2O4/c1-3-22-14-5-4-10(7-13(14)16(20)21)11-6-9(2)18-15(19)12(11)8-17/h4-7,20-21H,3H2,1-2H3,(H,18,19). The van der Waals surface area contributed by atoms with Gasteiger partial charge in [-0.05, 0) is 31.5 Å². The van der Waals surface area contributed by atoms with Gasteiger partial charge >= 0.3 is 7.12 Å². The van der Waals surface area contributed by atoms with Crippen LogP contribution in [0.1, 0.15) is 18.2 Å². The Labute approximate surface area is 127 Å². The smallest absolute Gasteiger partial charge is 0.492 e. The number of pyridine rings is 1. The quantitative estimate of drug-likeness (QED) is 0.704. The maximum Gasteiger partial charge on any atom is 0.492 e. The molecule has 22 heavy (non-hydrogen) atoms. The van der Waals surface area contributed by atoms with Crippen LogP contribution in [0.3, 0.4) is 0 Å². The Morgan fingerprint density at radius 2 is 2.09 bits per heavy atom. The van der Waals surface area contributed by atoms with E-state index in [1.165, 1.54) is 6.07 Å². The molecule has 1 heterocycles. The second-order valence-corrected chi connectivity index (χ2v) is 4.74. The second-order valence-electron chi connectivity index (χ2n) is 4.74. The van der Waals surface area contributed by atoms with E-state index >= 15 is 0 Å². The molecule has 0 unspecified atom stereocenters. The largest absolute Gasteiger partial charge is 0.494 e. The first-order valence-electron chi connectivity index (χ1n) is 6.75. The van der Waals surface area contributed by atoms with E-state index in [2.05, 4.69) is 4.98 Å². The van der Waals surface area contributed by atoms with Crippen molar-refractivity contribution in [3.05, 3.63) is 45.9 Å². The van der Waals surface area contributed by atoms with Gasteiger partial charge in [0.2, 0.25) is 0 Å². The van der Waals surface area contributed by atoms with Crippen LogP contribution in [0, 0.1) is 18.3 Å². The third-order valence-corrected chi connectivity index (χ3v) is 3.18. The minimum atomic E-state index is -1.71. The number of aromatic nitrogens is 1. The zero-order valence-electron chi connectivity index (χ0n) is 12.3. The molecule has 0 saturated carbocycles. The SMILES string of the molecule is CCOc1ccc(-c2cc(C)[nH]c(=O)c2C#N)cc1B(O)O. The maximum atomic E-state index is 11.9. The summed E-state index contributed by atoms with van der Waals surface area (Å²) >= 11 is 0. The first kappa shape index (κ1) is 15.8. The van der Waals surface area contributed by atoms with Crippen molar-refractivity contribution in [2.24, 2.45) is 0 Å². The summed E-state index contributed by atoms with van der Waals surface area (Å²) in [5, 5.41) is 28.1. The lowest BCUT2D eigenvalue weighted by molar-refractivity contribution is 0.340. The molecule has 0 aliphatic carbocycles. The van der Waals surface area contributed by atoms with Crippen molar-refractivity contribution in [2.75, 3.05) is 6.61 Å². The molecule has 0 fully saturated rings. The highest BCUT2D eigenvalue weighted by Crippen LogP contribution is 2.23. The van der Waals surface area contributed by atoms with Gasteiger partial charge in [-0.2, -0.15) is 5.26 Å². The Kier molecular flexibility index (Phi) is 4.66. The van der Waals surface area contributed by atoms with Gasteiger partial charge in [-0.3, -0.25) is 4.79 Å². The van der Waals surface area contributed by atoms with E-state index in [-0.39, 0.29) is 11.0 Å². The summed E-state index contributed by atoms with van der Waals surface area (Å²) in [5.74, 6) is 0.348. The number of nitrogens with zero attached hydrogens (tertiary/aromatic N) is 1. The number of nitrogens with one attached hydrogen (secondary N) is 1. The van der Waals surface area contributed by atoms with Crippen molar-refractivity contribution < 1.29 is 14.8 Å². The molecule has 7 heteroatoms. The van der Waals surface area contributed by atoms with Gasteiger partial charge in [0.1, 0.15) is 17.4 Å². The van der Waals surface area contributed by atoms with E-state index in [0.717, 1.165) is 0 Å². The fraction of sp³-hybridized carbons (Fsp3) is 0.200. The highest BCUT2D eigenvalue weighted by atomic mass is 16.5. The summed E-state index contributed by atoms with van der Waals surface area (Å²) in [6.45, 7) is 3.88. The van der Waals surface area contributed by atoms with Crippen molar-refractivity contribution in [1.82, 2.24) is 4.98 Å². The lowest BCUT2D eigenvalue weighted by atomic mass is 9.78. The van der Waals surface area contributed by atoms with Crippen molar-refractivity contribution in [3.63, 3.8) is 0 Å². The fourth-order valence-corrected chi connectivity index (χ4v) is 2.23. The van der Waals surface area contributed by atoms with Crippen LogP contribution < -0.4 is 15.8 Å². The molecule has 0 atom stereocenters. The Morgan fingerprint density at radius 3 is 2.68 bits per heavy atom. The third kappa shape index (κ3) is 3.03. The molecule has 6 nitrogen and oxygen atoms in total. The maximum absolute atomic E-state index is 11.9. The number of rotatable bonds is 4. The first-order valence-corrected chi connectivity index (χ1v) is 6.75. The summed E-state index contributed by atoms with van der Waals surface area (Å²) in [4.78, 5) is 14.4. The lowest BCUT2D eigenvalue weighted by Crippen LogP contribution is -2.31. The number of aryl methyl sites for hydroxylation is 1. The van der Waals surface area contributed by atoms with Gasteiger partial charge in [-0.15, -0.1) is 0 Å². The number of hydrogen-bond acceptors (Lipinski definition) is 5. The fourth-order valence-electron chi connectivity index (χ4n) is 2.23. The van der Waals surface area contributed by atoms with Gasteiger partial charge in [0.05, 0.1) is 6.61 Å². The van der Waals surface area contributed by atoms with E-state index in [9.17, 15) is 20.1 Å². The molecule has 3 N–H and O–H groups in total. The summed E-state index contributed by atoms with van der Waals surface area (Å²) in [5.41, 5.74) is 1.27. The second kappa shape index (κ2) is 6.47. The molecule has 0 radical (unpaired) electrons. The molecule has 2 rings (SSSR count). The molecule has 0 spiro atoms. The molecular weight excluding hydrogens is 283 g/mol. The zero-order valence-corrected chi connectivity index (χ0v) is 12.3. The first-order chi connectivity index (χ1) is 10.5. The number of benzene rings is 1. The van der Waals surface area contributed by atoms with Crippen LogP contribution in [0.2, 0.25) is 0 Å². The molecule has 0 amide bonds. The minimum absolute atomic E-state index is 0.0202. The molecule has 2 aromatic rings. The molecule has 0 saturated heterocycles. The van der Waals surface area contributed by atoms with Gasteiger partial charge < -0.3 is 19.8 Å². The Bertz CT molecular complexity index is 793. The van der Waals surface area contributed by atoms with Crippen molar-refractivity contribution in [3.8, 4) is 22.9 Å². The molecule has 0 aliphatic rings. The topological polar surface area (TPSA) is 106 Å². The Balaban J connectivity index is 2.67. The molecule has 112 valence electrons. The highest BCUT2D eigenvalue weighted by molar-refractivity contribution is 6.59. The average molecular weight is 298 g/mol. The van der Waals surface area contributed by atoms with Crippen LogP contribution >= 0.6 is 0 Å². The van der Waals surface area contributed by atoms with Gasteiger partial charge in [0, 0.05) is 16.7 Å². The lowest BCUT2D eigenvalue weighted by Gasteiger charge is -2.12. The van der Waals surface area contributed by atoms with Crippen LogP contribution in [-0.4, -0.2) is 28.8 Å². The van der Waals surface area contributed by atoms with Crippen LogP contribution in [0.15, 0.2) is 29.1 Å². The van der Waals surface area contributed by atoms with Crippen LogP contribution in [0.25, 0.3) is 11.1 Å². The van der Waals surface area contributed by atoms with E-state index in [0.29, 0.717) is 29.2 Å². The van der Waals surface area contributed by atoms with Gasteiger partial charge in [-0.1, -0.05) is 12.1 Å². The molecule has 0 bridgehead atoms. The monoisotopic (exact) mass is 298 g/mol. The summed E-state index contributed by atoms with van der Waals surface area (Å²) in [6.07, 6.45) is 0. The number of aromatic amines is 1. The zero-order chi connectivity index (χ0) is 16.3. The number of ether oxygens (including phenoxy) is 1. The van der Waals surface area contributed by atoms with Crippen LogP contribution in [0.5, 0.6) is 5.75 Å². The van der Waals surface area contributed by atoms with Crippen LogP contribution in [0.4, 0.5) is 0 Å². The van der Waals surface area contributed by atoms with E-state index < -0.39 is 12.7 Å². The van der Waals surface area contributed by atoms with Crippen LogP contribution in [-0.2, 0) is 0 Å². The van der Waals surface area contributed by atoms with Gasteiger partial charge in [0.25, 0.3) is 5.56 Å². The predicted molar refractivity (Wildman–Crippen MR) is 82.9 cm³/mol. The third-order valence-electron chi connectivity index (χ3n) is 3.18. The van der Waals surface area contributed by atoms with E-state index in [1.807, 2.05) is 6.07 Å². The molecule has 1 aromatic heterocycles. The normalized spacial score (nSPS) is 10.1. The minimum Gasteiger partial charge on any atom is -0.494 e. The Morgan fingerprint density at radius 1 is 1.36 bits per heavy atom. The highest BCUT2D eigenvalue weighted by Gasteiger charge is 2.19. The number of H-pyrrole nitrogens is 1. The summed E-state index contributed by atoms with van der Waals surface area (Å²) < 4.78 is 5.34. The molecule has 0 aliphatic heterocycles. The summed E-state index contributed by atoms with van der Waals surface area (Å²) in [6, 6.07) is 8.31. The molecular formula is C15H15BN2O4. The van der Waals surface area contributed by atoms with E-state index in [1.54, 1.807) is 32.0 Å². The van der Waals surface area contributed by atoms with Crippen molar-refractivity contribution >= 4 is 12.6 Å². The van der Waals surface area contributed by atoms with Crippen molar-refractivity contribution in [2.45, 2.75) is 13.8 Å². The molecule has 1 aromatic carbocycles. The summed E-state index contributed by atoms with van der Waals surface area (Å²) in [7, 11) is -1.71. The number of nitriles is 1.